The molecule has 6 nitrogen and oxygen atoms in total. The summed E-state index contributed by atoms with van der Waals surface area (Å²) in [6.45, 7) is 9.09. The fourth-order valence-electron chi connectivity index (χ4n) is 4.09. The van der Waals surface area contributed by atoms with E-state index < -0.39 is 0 Å². The Kier molecular flexibility index (Phi) is 6.14. The number of ether oxygens (including phenoxy) is 1. The van der Waals surface area contributed by atoms with Gasteiger partial charge in [0.1, 0.15) is 5.56 Å². The molecule has 2 aliphatic heterocycles. The van der Waals surface area contributed by atoms with Crippen molar-refractivity contribution in [3.63, 3.8) is 0 Å². The van der Waals surface area contributed by atoms with E-state index in [4.69, 9.17) is 4.74 Å². The number of rotatable bonds is 4. The fourth-order valence-corrected chi connectivity index (χ4v) is 4.09. The average Bonchev–Trinajstić information content (AvgIpc) is 2.64. The number of morpholine rings is 1. The second-order valence-electron chi connectivity index (χ2n) is 7.75. The summed E-state index contributed by atoms with van der Waals surface area (Å²) < 4.78 is 7.05. The minimum Gasteiger partial charge on any atom is -0.379 e. The van der Waals surface area contributed by atoms with Gasteiger partial charge in [-0.05, 0) is 37.3 Å². The average molecular weight is 361 g/mol. The monoisotopic (exact) mass is 361 g/mol. The molecule has 1 atom stereocenters. The molecule has 0 unspecified atom stereocenters. The quantitative estimate of drug-likeness (QED) is 0.821. The van der Waals surface area contributed by atoms with E-state index >= 15 is 0 Å². The van der Waals surface area contributed by atoms with Crippen LogP contribution in [0.3, 0.4) is 0 Å². The van der Waals surface area contributed by atoms with Crippen molar-refractivity contribution in [3.05, 3.63) is 33.7 Å². The lowest BCUT2D eigenvalue weighted by molar-refractivity contribution is 0.0165. The molecule has 0 spiro atoms. The van der Waals surface area contributed by atoms with Gasteiger partial charge in [-0.1, -0.05) is 13.8 Å². The van der Waals surface area contributed by atoms with Gasteiger partial charge in [0.25, 0.3) is 11.5 Å². The summed E-state index contributed by atoms with van der Waals surface area (Å²) >= 11 is 0. The lowest BCUT2D eigenvalue weighted by Gasteiger charge is -2.39. The summed E-state index contributed by atoms with van der Waals surface area (Å²) in [5.74, 6) is 0.139. The van der Waals surface area contributed by atoms with E-state index in [1.165, 1.54) is 0 Å². The van der Waals surface area contributed by atoms with Crippen LogP contribution in [0.25, 0.3) is 0 Å². The molecule has 0 aromatic carbocycles. The van der Waals surface area contributed by atoms with Crippen LogP contribution in [0.2, 0.25) is 0 Å². The van der Waals surface area contributed by atoms with E-state index in [1.807, 2.05) is 11.0 Å². The maximum absolute atomic E-state index is 13.2. The highest BCUT2D eigenvalue weighted by molar-refractivity contribution is 5.94. The van der Waals surface area contributed by atoms with Crippen LogP contribution in [-0.2, 0) is 11.8 Å². The molecule has 6 heteroatoms. The van der Waals surface area contributed by atoms with Crippen molar-refractivity contribution in [2.45, 2.75) is 45.1 Å². The molecule has 1 amide bonds. The van der Waals surface area contributed by atoms with Gasteiger partial charge in [-0.25, -0.2) is 0 Å². The third kappa shape index (κ3) is 4.01. The zero-order chi connectivity index (χ0) is 18.7. The molecule has 0 aliphatic carbocycles. The summed E-state index contributed by atoms with van der Waals surface area (Å²) in [6.07, 6.45) is 3.16. The van der Waals surface area contributed by atoms with E-state index in [2.05, 4.69) is 18.7 Å². The maximum Gasteiger partial charge on any atom is 0.263 e. The lowest BCUT2D eigenvalue weighted by atomic mass is 10.00. The van der Waals surface area contributed by atoms with Gasteiger partial charge in [0.15, 0.2) is 0 Å². The maximum atomic E-state index is 13.2. The van der Waals surface area contributed by atoms with Gasteiger partial charge in [0.05, 0.1) is 13.2 Å². The number of hydrogen-bond donors (Lipinski definition) is 0. The second kappa shape index (κ2) is 8.35. The molecule has 3 rings (SSSR count). The minimum absolute atomic E-state index is 0.112. The van der Waals surface area contributed by atoms with Gasteiger partial charge in [-0.3, -0.25) is 14.5 Å². The molecule has 1 aromatic rings. The number of pyridine rings is 1. The second-order valence-corrected chi connectivity index (χ2v) is 7.75. The van der Waals surface area contributed by atoms with Crippen LogP contribution < -0.4 is 5.56 Å². The van der Waals surface area contributed by atoms with Crippen LogP contribution in [0, 0.1) is 0 Å². The molecule has 0 N–H and O–H groups in total. The Morgan fingerprint density at radius 3 is 2.62 bits per heavy atom. The van der Waals surface area contributed by atoms with Crippen molar-refractivity contribution in [1.29, 1.82) is 0 Å². The number of piperidine rings is 1. The molecule has 1 aromatic heterocycles. The first-order chi connectivity index (χ1) is 12.5. The van der Waals surface area contributed by atoms with Gasteiger partial charge in [0, 0.05) is 45.0 Å². The third-order valence-corrected chi connectivity index (χ3v) is 5.63. The first-order valence-corrected chi connectivity index (χ1v) is 9.80. The number of aromatic nitrogens is 1. The van der Waals surface area contributed by atoms with E-state index in [9.17, 15) is 9.59 Å². The molecule has 144 valence electrons. The van der Waals surface area contributed by atoms with Crippen LogP contribution >= 0.6 is 0 Å². The first-order valence-electron chi connectivity index (χ1n) is 9.80. The number of nitrogens with zero attached hydrogens (tertiary/aromatic N) is 3. The van der Waals surface area contributed by atoms with Gasteiger partial charge in [0.2, 0.25) is 0 Å². The zero-order valence-corrected chi connectivity index (χ0v) is 16.2. The molecular formula is C20H31N3O3. The Labute approximate surface area is 155 Å². The van der Waals surface area contributed by atoms with Gasteiger partial charge in [-0.2, -0.15) is 0 Å². The predicted octanol–water partition coefficient (Wildman–Crippen LogP) is 1.84. The minimum atomic E-state index is -0.183. The van der Waals surface area contributed by atoms with E-state index in [0.29, 0.717) is 5.56 Å². The van der Waals surface area contributed by atoms with Crippen molar-refractivity contribution in [1.82, 2.24) is 14.4 Å². The van der Waals surface area contributed by atoms with Crippen LogP contribution in [0.15, 0.2) is 16.9 Å². The molecular weight excluding hydrogens is 330 g/mol. The number of carbonyl (C=O) groups excluding carboxylic acids is 1. The van der Waals surface area contributed by atoms with E-state index in [1.54, 1.807) is 17.7 Å². The SMILES string of the molecule is CC(C)c1ccc(C(=O)N2CCCC[C@H]2CN2CCOCC2)c(=O)n1C. The van der Waals surface area contributed by atoms with Gasteiger partial charge in [-0.15, -0.1) is 0 Å². The predicted molar refractivity (Wildman–Crippen MR) is 102 cm³/mol. The van der Waals surface area contributed by atoms with Gasteiger partial charge >= 0.3 is 0 Å². The molecule has 26 heavy (non-hydrogen) atoms. The lowest BCUT2D eigenvalue weighted by Crippen LogP contribution is -2.52. The normalized spacial score (nSPS) is 22.0. The third-order valence-electron chi connectivity index (χ3n) is 5.63. The summed E-state index contributed by atoms with van der Waals surface area (Å²) in [5, 5.41) is 0. The fraction of sp³-hybridized carbons (Fsp3) is 0.700. The molecule has 0 saturated carbocycles. The van der Waals surface area contributed by atoms with Gasteiger partial charge < -0.3 is 14.2 Å². The Morgan fingerprint density at radius 2 is 1.92 bits per heavy atom. The Bertz CT molecular complexity index is 692. The summed E-state index contributed by atoms with van der Waals surface area (Å²) in [6, 6.07) is 3.82. The standard InChI is InChI=1S/C20H31N3O3/c1-15(2)18-8-7-17(19(24)21(18)3)20(25)23-9-5-4-6-16(23)14-22-10-12-26-13-11-22/h7-8,15-16H,4-6,9-14H2,1-3H3/t16-/m0/s1. The van der Waals surface area contributed by atoms with E-state index in [-0.39, 0.29) is 23.4 Å². The smallest absolute Gasteiger partial charge is 0.263 e. The zero-order valence-electron chi connectivity index (χ0n) is 16.2. The topological polar surface area (TPSA) is 54.8 Å². The van der Waals surface area contributed by atoms with Crippen molar-refractivity contribution >= 4 is 5.91 Å². The molecule has 0 bridgehead atoms. The number of hydrogen-bond acceptors (Lipinski definition) is 4. The summed E-state index contributed by atoms with van der Waals surface area (Å²) in [4.78, 5) is 30.2. The Morgan fingerprint density at radius 1 is 1.19 bits per heavy atom. The summed E-state index contributed by atoms with van der Waals surface area (Å²) in [5.41, 5.74) is 1.07. The van der Waals surface area contributed by atoms with Crippen LogP contribution in [0.5, 0.6) is 0 Å². The number of likely N-dealkylation sites (tertiary alicyclic amines) is 1. The van der Waals surface area contributed by atoms with Crippen molar-refractivity contribution < 1.29 is 9.53 Å². The van der Waals surface area contributed by atoms with Crippen molar-refractivity contribution in [3.8, 4) is 0 Å². The van der Waals surface area contributed by atoms with E-state index in [0.717, 1.165) is 64.3 Å². The Hall–Kier alpha value is -1.66. The van der Waals surface area contributed by atoms with Crippen molar-refractivity contribution in [2.75, 3.05) is 39.4 Å². The van der Waals surface area contributed by atoms with Crippen LogP contribution in [0.4, 0.5) is 0 Å². The first kappa shape index (κ1) is 19.1. The molecule has 2 saturated heterocycles. The number of amides is 1. The summed E-state index contributed by atoms with van der Waals surface area (Å²) in [7, 11) is 1.76. The molecule has 0 radical (unpaired) electrons. The molecule has 2 aliphatic rings. The molecule has 3 heterocycles. The Balaban J connectivity index is 1.80. The highest BCUT2D eigenvalue weighted by Crippen LogP contribution is 2.21. The van der Waals surface area contributed by atoms with Crippen LogP contribution in [0.1, 0.15) is 55.1 Å². The van der Waals surface area contributed by atoms with Crippen molar-refractivity contribution in [2.24, 2.45) is 7.05 Å². The number of carbonyl (C=O) groups is 1. The highest BCUT2D eigenvalue weighted by atomic mass is 16.5. The molecule has 2 fully saturated rings. The largest absolute Gasteiger partial charge is 0.379 e. The van der Waals surface area contributed by atoms with Crippen LogP contribution in [-0.4, -0.2) is 65.7 Å². The highest BCUT2D eigenvalue weighted by Gasteiger charge is 2.31.